The number of rotatable bonds is 3. The second-order valence-corrected chi connectivity index (χ2v) is 8.53. The molecule has 1 saturated heterocycles. The van der Waals surface area contributed by atoms with E-state index in [1.807, 2.05) is 0 Å². The number of fused-ring (bicyclic) bond motifs is 1. The third-order valence-electron chi connectivity index (χ3n) is 3.89. The van der Waals surface area contributed by atoms with Gasteiger partial charge in [0.05, 0.1) is 5.75 Å². The summed E-state index contributed by atoms with van der Waals surface area (Å²) in [7, 11) is 1.61. The first-order valence-corrected chi connectivity index (χ1v) is 9.48. The molecule has 0 radical (unpaired) electrons. The molecule has 23 heavy (non-hydrogen) atoms. The SMILES string of the molecule is Cc1cc(=O)oc2cc(N3CC(CS(=O)(=O)Cl)CC3=O)ccc12. The summed E-state index contributed by atoms with van der Waals surface area (Å²) >= 11 is 0. The molecule has 1 aromatic heterocycles. The molecule has 1 unspecified atom stereocenters. The van der Waals surface area contributed by atoms with Gasteiger partial charge in [0.25, 0.3) is 0 Å². The van der Waals surface area contributed by atoms with Crippen LogP contribution in [0, 0.1) is 12.8 Å². The Labute approximate surface area is 137 Å². The Morgan fingerprint density at radius 1 is 1.30 bits per heavy atom. The van der Waals surface area contributed by atoms with Crippen molar-refractivity contribution in [3.63, 3.8) is 0 Å². The van der Waals surface area contributed by atoms with E-state index in [9.17, 15) is 18.0 Å². The Kier molecular flexibility index (Phi) is 3.93. The van der Waals surface area contributed by atoms with Crippen molar-refractivity contribution in [3.8, 4) is 0 Å². The zero-order valence-electron chi connectivity index (χ0n) is 12.3. The Morgan fingerprint density at radius 3 is 2.74 bits per heavy atom. The van der Waals surface area contributed by atoms with E-state index in [1.54, 1.807) is 25.1 Å². The number of benzene rings is 1. The number of nitrogens with zero attached hydrogens (tertiary/aromatic N) is 1. The average Bonchev–Trinajstić information content (AvgIpc) is 2.76. The standard InChI is InChI=1S/C15H14ClNO5S/c1-9-4-15(19)22-13-6-11(2-3-12(9)13)17-7-10(5-14(17)18)8-23(16,20)21/h2-4,6,10H,5,7-8H2,1H3. The molecule has 1 fully saturated rings. The molecular formula is C15H14ClNO5S. The van der Waals surface area contributed by atoms with Gasteiger partial charge in [-0.3, -0.25) is 4.79 Å². The highest BCUT2D eigenvalue weighted by Crippen LogP contribution is 2.29. The van der Waals surface area contributed by atoms with Crippen LogP contribution in [0.3, 0.4) is 0 Å². The van der Waals surface area contributed by atoms with Gasteiger partial charge in [-0.2, -0.15) is 0 Å². The lowest BCUT2D eigenvalue weighted by Crippen LogP contribution is -2.25. The molecule has 1 amide bonds. The summed E-state index contributed by atoms with van der Waals surface area (Å²) < 4.78 is 27.5. The van der Waals surface area contributed by atoms with Gasteiger partial charge < -0.3 is 9.32 Å². The summed E-state index contributed by atoms with van der Waals surface area (Å²) in [6.07, 6.45) is 0.127. The van der Waals surface area contributed by atoms with E-state index >= 15 is 0 Å². The predicted octanol–water partition coefficient (Wildman–Crippen LogP) is 2.02. The van der Waals surface area contributed by atoms with Crippen LogP contribution in [0.25, 0.3) is 11.0 Å². The minimum Gasteiger partial charge on any atom is -0.423 e. The first-order valence-electron chi connectivity index (χ1n) is 7.00. The lowest BCUT2D eigenvalue weighted by atomic mass is 10.1. The summed E-state index contributed by atoms with van der Waals surface area (Å²) in [5.74, 6) is -0.756. The second-order valence-electron chi connectivity index (χ2n) is 5.71. The first-order chi connectivity index (χ1) is 10.7. The zero-order chi connectivity index (χ0) is 16.8. The van der Waals surface area contributed by atoms with Crippen molar-refractivity contribution >= 4 is 42.3 Å². The molecule has 0 N–H and O–H groups in total. The molecule has 122 valence electrons. The monoisotopic (exact) mass is 355 g/mol. The van der Waals surface area contributed by atoms with Crippen molar-refractivity contribution in [2.24, 2.45) is 5.92 Å². The van der Waals surface area contributed by atoms with Crippen molar-refractivity contribution in [2.75, 3.05) is 17.2 Å². The van der Waals surface area contributed by atoms with Crippen LogP contribution in [0.1, 0.15) is 12.0 Å². The normalized spacial score (nSPS) is 18.8. The van der Waals surface area contributed by atoms with E-state index in [2.05, 4.69) is 0 Å². The number of hydrogen-bond acceptors (Lipinski definition) is 5. The summed E-state index contributed by atoms with van der Waals surface area (Å²) in [5, 5.41) is 0.792. The number of anilines is 1. The maximum atomic E-state index is 12.1. The van der Waals surface area contributed by atoms with Gasteiger partial charge in [-0.1, -0.05) is 0 Å². The van der Waals surface area contributed by atoms with Crippen LogP contribution in [0.15, 0.2) is 33.5 Å². The lowest BCUT2D eigenvalue weighted by Gasteiger charge is -2.17. The van der Waals surface area contributed by atoms with E-state index in [0.717, 1.165) is 10.9 Å². The van der Waals surface area contributed by atoms with Gasteiger partial charge in [-0.15, -0.1) is 0 Å². The molecular weight excluding hydrogens is 342 g/mol. The fourth-order valence-electron chi connectivity index (χ4n) is 2.91. The number of carbonyl (C=O) groups is 1. The fourth-order valence-corrected chi connectivity index (χ4v) is 4.23. The first kappa shape index (κ1) is 16.0. The van der Waals surface area contributed by atoms with Gasteiger partial charge >= 0.3 is 5.63 Å². The Morgan fingerprint density at radius 2 is 2.04 bits per heavy atom. The minimum absolute atomic E-state index is 0.127. The van der Waals surface area contributed by atoms with E-state index in [0.29, 0.717) is 11.3 Å². The summed E-state index contributed by atoms with van der Waals surface area (Å²) in [4.78, 5) is 25.1. The molecule has 0 aliphatic carbocycles. The van der Waals surface area contributed by atoms with Crippen molar-refractivity contribution in [3.05, 3.63) is 40.2 Å². The fraction of sp³-hybridized carbons (Fsp3) is 0.333. The van der Waals surface area contributed by atoms with Crippen LogP contribution in [0.2, 0.25) is 0 Å². The van der Waals surface area contributed by atoms with Gasteiger partial charge in [0, 0.05) is 52.8 Å². The van der Waals surface area contributed by atoms with Crippen molar-refractivity contribution in [2.45, 2.75) is 13.3 Å². The lowest BCUT2D eigenvalue weighted by molar-refractivity contribution is -0.117. The molecule has 1 aromatic carbocycles. The zero-order valence-corrected chi connectivity index (χ0v) is 13.9. The van der Waals surface area contributed by atoms with Gasteiger partial charge in [0.1, 0.15) is 5.58 Å². The van der Waals surface area contributed by atoms with Crippen LogP contribution >= 0.6 is 10.7 Å². The largest absolute Gasteiger partial charge is 0.423 e. The Bertz CT molecular complexity index is 950. The average molecular weight is 356 g/mol. The summed E-state index contributed by atoms with van der Waals surface area (Å²) in [6, 6.07) is 6.57. The third-order valence-corrected chi connectivity index (χ3v) is 5.13. The molecule has 8 heteroatoms. The number of amides is 1. The number of carbonyl (C=O) groups excluding carboxylic acids is 1. The van der Waals surface area contributed by atoms with E-state index in [1.165, 1.54) is 11.0 Å². The van der Waals surface area contributed by atoms with Crippen LogP contribution in [-0.4, -0.2) is 26.6 Å². The third kappa shape index (κ3) is 3.40. The van der Waals surface area contributed by atoms with Crippen molar-refractivity contribution in [1.29, 1.82) is 0 Å². The molecule has 2 heterocycles. The van der Waals surface area contributed by atoms with E-state index in [4.69, 9.17) is 15.1 Å². The predicted molar refractivity (Wildman–Crippen MR) is 87.3 cm³/mol. The van der Waals surface area contributed by atoms with Gasteiger partial charge in [0.2, 0.25) is 15.0 Å². The summed E-state index contributed by atoms with van der Waals surface area (Å²) in [5.41, 5.74) is 1.31. The quantitative estimate of drug-likeness (QED) is 0.621. The highest BCUT2D eigenvalue weighted by molar-refractivity contribution is 8.13. The molecule has 3 rings (SSSR count). The van der Waals surface area contributed by atoms with Crippen LogP contribution < -0.4 is 10.5 Å². The van der Waals surface area contributed by atoms with Crippen molar-refractivity contribution in [1.82, 2.24) is 0 Å². The van der Waals surface area contributed by atoms with Gasteiger partial charge in [-0.25, -0.2) is 13.2 Å². The summed E-state index contributed by atoms with van der Waals surface area (Å²) in [6.45, 7) is 2.08. The highest BCUT2D eigenvalue weighted by atomic mass is 35.7. The topological polar surface area (TPSA) is 84.7 Å². The molecule has 1 atom stereocenters. The molecule has 0 bridgehead atoms. The smallest absolute Gasteiger partial charge is 0.336 e. The van der Waals surface area contributed by atoms with E-state index < -0.39 is 14.7 Å². The number of aryl methyl sites for hydroxylation is 1. The molecule has 0 saturated carbocycles. The van der Waals surface area contributed by atoms with Crippen LogP contribution in [-0.2, 0) is 13.8 Å². The second kappa shape index (κ2) is 5.65. The maximum absolute atomic E-state index is 12.1. The molecule has 1 aliphatic heterocycles. The van der Waals surface area contributed by atoms with E-state index in [-0.39, 0.29) is 30.5 Å². The maximum Gasteiger partial charge on any atom is 0.336 e. The van der Waals surface area contributed by atoms with Crippen LogP contribution in [0.5, 0.6) is 0 Å². The van der Waals surface area contributed by atoms with Crippen LogP contribution in [0.4, 0.5) is 5.69 Å². The number of halogens is 1. The Balaban J connectivity index is 1.94. The van der Waals surface area contributed by atoms with Gasteiger partial charge in [-0.05, 0) is 24.6 Å². The Hall–Kier alpha value is -1.86. The number of hydrogen-bond donors (Lipinski definition) is 0. The molecule has 2 aromatic rings. The van der Waals surface area contributed by atoms with Gasteiger partial charge in [0.15, 0.2) is 0 Å². The molecule has 0 spiro atoms. The molecule has 1 aliphatic rings. The van der Waals surface area contributed by atoms with Crippen molar-refractivity contribution < 1.29 is 17.6 Å². The minimum atomic E-state index is -3.65. The molecule has 6 nitrogen and oxygen atoms in total. The highest BCUT2D eigenvalue weighted by Gasteiger charge is 2.33.